The first kappa shape index (κ1) is 16.5. The van der Waals surface area contributed by atoms with Gasteiger partial charge in [-0.25, -0.2) is 9.78 Å². The maximum atomic E-state index is 10.7. The molecule has 0 amide bonds. The quantitative estimate of drug-likeness (QED) is 0.849. The van der Waals surface area contributed by atoms with Gasteiger partial charge in [-0.15, -0.1) is 11.3 Å². The van der Waals surface area contributed by atoms with E-state index in [-0.39, 0.29) is 12.6 Å². The van der Waals surface area contributed by atoms with Crippen LogP contribution in [0, 0.1) is 6.92 Å². The Balaban J connectivity index is 2.07. The highest BCUT2D eigenvalue weighted by molar-refractivity contribution is 7.09. The van der Waals surface area contributed by atoms with Gasteiger partial charge in [-0.05, 0) is 27.0 Å². The number of thiazole rings is 1. The van der Waals surface area contributed by atoms with Crippen LogP contribution in [-0.2, 0) is 11.3 Å². The fraction of sp³-hybridized carbons (Fsp3) is 0.375. The molecule has 0 aliphatic rings. The minimum Gasteiger partial charge on any atom is -0.482 e. The van der Waals surface area contributed by atoms with E-state index < -0.39 is 5.97 Å². The number of hydrogen-bond acceptors (Lipinski definition) is 5. The molecule has 118 valence electrons. The predicted molar refractivity (Wildman–Crippen MR) is 86.3 cm³/mol. The third-order valence-electron chi connectivity index (χ3n) is 3.40. The molecule has 0 saturated carbocycles. The molecule has 0 aliphatic carbocycles. The van der Waals surface area contributed by atoms with Gasteiger partial charge in [-0.2, -0.15) is 0 Å². The Bertz CT molecular complexity index is 642. The van der Waals surface area contributed by atoms with Gasteiger partial charge in [-0.3, -0.25) is 4.90 Å². The number of rotatable bonds is 7. The van der Waals surface area contributed by atoms with Gasteiger partial charge in [0.1, 0.15) is 10.8 Å². The number of benzene rings is 1. The summed E-state index contributed by atoms with van der Waals surface area (Å²) in [7, 11) is 2.02. The van der Waals surface area contributed by atoms with Crippen molar-refractivity contribution in [3.63, 3.8) is 0 Å². The number of carbonyl (C=O) groups is 1. The van der Waals surface area contributed by atoms with Gasteiger partial charge >= 0.3 is 5.97 Å². The lowest BCUT2D eigenvalue weighted by atomic mass is 10.1. The minimum atomic E-state index is -0.977. The van der Waals surface area contributed by atoms with E-state index in [1.807, 2.05) is 37.6 Å². The number of para-hydroxylation sites is 1. The van der Waals surface area contributed by atoms with Crippen molar-refractivity contribution in [2.24, 2.45) is 0 Å². The summed E-state index contributed by atoms with van der Waals surface area (Å²) >= 11 is 1.65. The van der Waals surface area contributed by atoms with Crippen molar-refractivity contribution in [2.75, 3.05) is 13.7 Å². The molecule has 1 atom stereocenters. The molecule has 0 radical (unpaired) electrons. The highest BCUT2D eigenvalue weighted by Gasteiger charge is 2.17. The van der Waals surface area contributed by atoms with Crippen molar-refractivity contribution >= 4 is 17.3 Å². The van der Waals surface area contributed by atoms with Crippen LogP contribution < -0.4 is 4.74 Å². The van der Waals surface area contributed by atoms with Crippen LogP contribution in [0.2, 0.25) is 0 Å². The molecule has 0 bridgehead atoms. The Kier molecular flexibility index (Phi) is 5.51. The van der Waals surface area contributed by atoms with E-state index in [4.69, 9.17) is 9.84 Å². The van der Waals surface area contributed by atoms with Crippen LogP contribution in [0.4, 0.5) is 0 Å². The number of carboxylic acids is 1. The van der Waals surface area contributed by atoms with Crippen molar-refractivity contribution in [3.05, 3.63) is 45.9 Å². The summed E-state index contributed by atoms with van der Waals surface area (Å²) in [5.74, 6) is -0.367. The van der Waals surface area contributed by atoms with Crippen LogP contribution >= 0.6 is 11.3 Å². The largest absolute Gasteiger partial charge is 0.482 e. The van der Waals surface area contributed by atoms with Gasteiger partial charge in [-0.1, -0.05) is 18.2 Å². The zero-order valence-corrected chi connectivity index (χ0v) is 13.8. The molecule has 22 heavy (non-hydrogen) atoms. The molecule has 1 heterocycles. The number of ether oxygens (including phenoxy) is 1. The average Bonchev–Trinajstić information content (AvgIpc) is 2.92. The van der Waals surface area contributed by atoms with Crippen LogP contribution in [0.5, 0.6) is 5.75 Å². The summed E-state index contributed by atoms with van der Waals surface area (Å²) in [6, 6.07) is 7.70. The number of aromatic nitrogens is 1. The molecular weight excluding hydrogens is 300 g/mol. The minimum absolute atomic E-state index is 0.186. The van der Waals surface area contributed by atoms with Crippen LogP contribution in [0.1, 0.15) is 29.2 Å². The molecule has 0 aliphatic heterocycles. The van der Waals surface area contributed by atoms with Gasteiger partial charge in [0.25, 0.3) is 0 Å². The van der Waals surface area contributed by atoms with Crippen LogP contribution in [-0.4, -0.2) is 34.6 Å². The summed E-state index contributed by atoms with van der Waals surface area (Å²) in [4.78, 5) is 17.4. The molecule has 1 aromatic carbocycles. The van der Waals surface area contributed by atoms with Crippen LogP contribution in [0.25, 0.3) is 0 Å². The summed E-state index contributed by atoms with van der Waals surface area (Å²) in [5.41, 5.74) is 2.00. The first-order valence-corrected chi connectivity index (χ1v) is 7.90. The van der Waals surface area contributed by atoms with E-state index in [1.165, 1.54) is 0 Å². The van der Waals surface area contributed by atoms with Gasteiger partial charge in [0.15, 0.2) is 6.61 Å². The van der Waals surface area contributed by atoms with Crippen molar-refractivity contribution < 1.29 is 14.6 Å². The lowest BCUT2D eigenvalue weighted by Gasteiger charge is -2.24. The smallest absolute Gasteiger partial charge is 0.341 e. The Morgan fingerprint density at radius 3 is 2.82 bits per heavy atom. The van der Waals surface area contributed by atoms with E-state index in [0.717, 1.165) is 16.3 Å². The normalized spacial score (nSPS) is 12.4. The lowest BCUT2D eigenvalue weighted by molar-refractivity contribution is -0.139. The molecule has 0 fully saturated rings. The second-order valence-corrected chi connectivity index (χ2v) is 6.10. The molecular formula is C16H20N2O3S. The van der Waals surface area contributed by atoms with E-state index >= 15 is 0 Å². The third kappa shape index (κ3) is 4.29. The number of aliphatic carboxylic acids is 1. The Hall–Kier alpha value is -1.92. The summed E-state index contributed by atoms with van der Waals surface area (Å²) < 4.78 is 5.35. The Morgan fingerprint density at radius 2 is 2.18 bits per heavy atom. The van der Waals surface area contributed by atoms with E-state index in [1.54, 1.807) is 17.4 Å². The zero-order chi connectivity index (χ0) is 16.1. The fourth-order valence-electron chi connectivity index (χ4n) is 2.07. The summed E-state index contributed by atoms with van der Waals surface area (Å²) in [6.07, 6.45) is 0. The lowest BCUT2D eigenvalue weighted by Crippen LogP contribution is -2.22. The van der Waals surface area contributed by atoms with Crippen molar-refractivity contribution in [1.29, 1.82) is 0 Å². The Labute approximate surface area is 134 Å². The van der Waals surface area contributed by atoms with Crippen molar-refractivity contribution in [2.45, 2.75) is 26.4 Å². The molecule has 1 N–H and O–H groups in total. The SMILES string of the molecule is Cc1csc(C(C)N(C)Cc2ccccc2OCC(=O)O)n1. The topological polar surface area (TPSA) is 62.7 Å². The van der Waals surface area contributed by atoms with Gasteiger partial charge in [0.05, 0.1) is 6.04 Å². The maximum Gasteiger partial charge on any atom is 0.341 e. The van der Waals surface area contributed by atoms with Crippen LogP contribution in [0.15, 0.2) is 29.6 Å². The van der Waals surface area contributed by atoms with E-state index in [2.05, 4.69) is 16.8 Å². The maximum absolute atomic E-state index is 10.7. The highest BCUT2D eigenvalue weighted by Crippen LogP contribution is 2.26. The van der Waals surface area contributed by atoms with Gasteiger partial charge in [0.2, 0.25) is 0 Å². The van der Waals surface area contributed by atoms with Crippen molar-refractivity contribution in [1.82, 2.24) is 9.88 Å². The molecule has 0 spiro atoms. The predicted octanol–water partition coefficient (Wildman–Crippen LogP) is 3.11. The average molecular weight is 320 g/mol. The molecule has 2 rings (SSSR count). The van der Waals surface area contributed by atoms with Gasteiger partial charge < -0.3 is 9.84 Å². The van der Waals surface area contributed by atoms with Crippen molar-refractivity contribution in [3.8, 4) is 5.75 Å². The summed E-state index contributed by atoms with van der Waals surface area (Å²) in [5, 5.41) is 11.9. The van der Waals surface area contributed by atoms with E-state index in [0.29, 0.717) is 12.3 Å². The van der Waals surface area contributed by atoms with Crippen LogP contribution in [0.3, 0.4) is 0 Å². The number of aryl methyl sites for hydroxylation is 1. The third-order valence-corrected chi connectivity index (χ3v) is 4.53. The van der Waals surface area contributed by atoms with Gasteiger partial charge in [0, 0.05) is 23.2 Å². The summed E-state index contributed by atoms with van der Waals surface area (Å²) in [6.45, 7) is 4.43. The second kappa shape index (κ2) is 7.38. The fourth-order valence-corrected chi connectivity index (χ4v) is 2.99. The molecule has 2 aromatic rings. The standard InChI is InChI=1S/C16H20N2O3S/c1-11-10-22-16(17-11)12(2)18(3)8-13-6-4-5-7-14(13)21-9-15(19)20/h4-7,10,12H,8-9H2,1-3H3,(H,19,20). The highest BCUT2D eigenvalue weighted by atomic mass is 32.1. The second-order valence-electron chi connectivity index (χ2n) is 5.21. The number of nitrogens with zero attached hydrogens (tertiary/aromatic N) is 2. The molecule has 1 aromatic heterocycles. The molecule has 0 saturated heterocycles. The first-order chi connectivity index (χ1) is 10.5. The number of carboxylic acid groups (broad SMARTS) is 1. The first-order valence-electron chi connectivity index (χ1n) is 7.02. The zero-order valence-electron chi connectivity index (χ0n) is 12.9. The Morgan fingerprint density at radius 1 is 1.45 bits per heavy atom. The monoisotopic (exact) mass is 320 g/mol. The number of hydrogen-bond donors (Lipinski definition) is 1. The van der Waals surface area contributed by atoms with E-state index in [9.17, 15) is 4.79 Å². The molecule has 1 unspecified atom stereocenters. The molecule has 5 nitrogen and oxygen atoms in total. The molecule has 6 heteroatoms.